The maximum Gasteiger partial charge on any atom is 0.130 e. The largest absolute Gasteiger partial charge is 0.511 e. The van der Waals surface area contributed by atoms with Gasteiger partial charge in [0.2, 0.25) is 0 Å². The Labute approximate surface area is 262 Å². The molecule has 4 heteroatoms. The van der Waals surface area contributed by atoms with Crippen LogP contribution in [0.15, 0.2) is 60.0 Å². The Morgan fingerprint density at radius 1 is 0.488 bits per heavy atom. The lowest BCUT2D eigenvalue weighted by atomic mass is 9.83. The van der Waals surface area contributed by atoms with Crippen molar-refractivity contribution in [2.24, 2.45) is 5.41 Å². The predicted octanol–water partition coefficient (Wildman–Crippen LogP) is 10.5. The first-order chi connectivity index (χ1) is 21.0. The van der Waals surface area contributed by atoms with Crippen molar-refractivity contribution in [3.63, 3.8) is 0 Å². The van der Waals surface area contributed by atoms with Crippen LogP contribution < -0.4 is 0 Å². The van der Waals surface area contributed by atoms with Crippen molar-refractivity contribution in [2.75, 3.05) is 13.2 Å². The first-order valence-electron chi connectivity index (χ1n) is 17.2. The minimum atomic E-state index is -1.67. The molecule has 0 aliphatic heterocycles. The highest BCUT2D eigenvalue weighted by Gasteiger charge is 2.38. The fourth-order valence-electron chi connectivity index (χ4n) is 5.58. The van der Waals surface area contributed by atoms with Crippen molar-refractivity contribution in [3.8, 4) is 0 Å². The Kier molecular flexibility index (Phi) is 18.8. The van der Waals surface area contributed by atoms with Crippen LogP contribution in [0, 0.1) is 5.41 Å². The molecule has 0 bridgehead atoms. The molecule has 0 radical (unpaired) electrons. The lowest BCUT2D eigenvalue weighted by molar-refractivity contribution is 0.0487. The molecule has 0 saturated heterocycles. The Hall–Kier alpha value is -2.56. The molecule has 2 aromatic rings. The van der Waals surface area contributed by atoms with E-state index in [9.17, 15) is 20.4 Å². The number of rotatable bonds is 24. The molecule has 0 heterocycles. The van der Waals surface area contributed by atoms with Gasteiger partial charge in [-0.25, -0.2) is 0 Å². The summed E-state index contributed by atoms with van der Waals surface area (Å²) >= 11 is 0. The summed E-state index contributed by atoms with van der Waals surface area (Å²) in [5, 5.41) is 42.4. The molecular weight excluding hydrogens is 532 g/mol. The smallest absolute Gasteiger partial charge is 0.130 e. The van der Waals surface area contributed by atoms with E-state index < -0.39 is 18.6 Å². The summed E-state index contributed by atoms with van der Waals surface area (Å²) in [5.74, 6) is -0.540. The van der Waals surface area contributed by atoms with Gasteiger partial charge in [-0.3, -0.25) is 0 Å². The Bertz CT molecular complexity index is 950. The normalized spacial score (nSPS) is 12.7. The third kappa shape index (κ3) is 13.7. The van der Waals surface area contributed by atoms with Crippen molar-refractivity contribution in [3.05, 3.63) is 82.3 Å². The van der Waals surface area contributed by atoms with Gasteiger partial charge < -0.3 is 20.4 Å². The summed E-state index contributed by atoms with van der Waals surface area (Å²) in [4.78, 5) is 0. The van der Waals surface area contributed by atoms with Crippen molar-refractivity contribution in [1.29, 1.82) is 0 Å². The van der Waals surface area contributed by atoms with Crippen LogP contribution in [0.2, 0.25) is 0 Å². The highest BCUT2D eigenvalue weighted by atomic mass is 16.3. The van der Waals surface area contributed by atoms with Crippen LogP contribution in [0.1, 0.15) is 139 Å². The van der Waals surface area contributed by atoms with Crippen LogP contribution in [0.3, 0.4) is 0 Å². The molecule has 2 rings (SSSR count). The Balaban J connectivity index is 1.91. The molecule has 4 N–H and O–H groups in total. The number of aliphatic hydroxyl groups excluding tert-OH is 4. The van der Waals surface area contributed by atoms with E-state index in [-0.39, 0.29) is 11.5 Å². The summed E-state index contributed by atoms with van der Waals surface area (Å²) in [5.41, 5.74) is 2.34. The van der Waals surface area contributed by atoms with Gasteiger partial charge >= 0.3 is 0 Å². The van der Waals surface area contributed by atoms with Crippen LogP contribution >= 0.6 is 0 Å². The molecule has 0 aliphatic carbocycles. The van der Waals surface area contributed by atoms with Gasteiger partial charge in [0.25, 0.3) is 0 Å². The molecule has 0 unspecified atom stereocenters. The molecule has 0 aromatic heterocycles. The van der Waals surface area contributed by atoms with Gasteiger partial charge in [-0.1, -0.05) is 152 Å². The quantitative estimate of drug-likeness (QED) is 0.0722. The van der Waals surface area contributed by atoms with Gasteiger partial charge in [-0.2, -0.15) is 0 Å². The molecule has 0 aliphatic rings. The molecule has 0 saturated carbocycles. The van der Waals surface area contributed by atoms with Crippen molar-refractivity contribution >= 4 is 12.2 Å². The van der Waals surface area contributed by atoms with Crippen molar-refractivity contribution < 1.29 is 20.4 Å². The summed E-state index contributed by atoms with van der Waals surface area (Å²) in [6, 6.07) is 16.0. The Morgan fingerprint density at radius 2 is 0.791 bits per heavy atom. The Morgan fingerprint density at radius 3 is 1.09 bits per heavy atom. The lowest BCUT2D eigenvalue weighted by Gasteiger charge is -2.28. The summed E-state index contributed by atoms with van der Waals surface area (Å²) in [6.45, 7) is 3.25. The second-order valence-corrected chi connectivity index (χ2v) is 12.4. The molecule has 0 atom stereocenters. The zero-order chi connectivity index (χ0) is 31.2. The highest BCUT2D eigenvalue weighted by molar-refractivity contribution is 5.58. The van der Waals surface area contributed by atoms with Gasteiger partial charge in [0.15, 0.2) is 0 Å². The molecular formula is C39H60O4. The first kappa shape index (κ1) is 36.6. The number of unbranched alkanes of at least 4 members (excludes halogenated alkanes) is 14. The average Bonchev–Trinajstić information content (AvgIpc) is 3.02. The topological polar surface area (TPSA) is 80.9 Å². The fraction of sp³-hybridized carbons (Fsp3) is 0.590. The van der Waals surface area contributed by atoms with E-state index in [4.69, 9.17) is 0 Å². The maximum atomic E-state index is 11.0. The number of aliphatic hydroxyl groups is 4. The molecule has 0 fully saturated rings. The van der Waals surface area contributed by atoms with Crippen LogP contribution in [0.4, 0.5) is 0 Å². The van der Waals surface area contributed by atoms with Gasteiger partial charge in [-0.05, 0) is 60.1 Å². The third-order valence-electron chi connectivity index (χ3n) is 8.72. The maximum absolute atomic E-state index is 11.0. The van der Waals surface area contributed by atoms with Crippen LogP contribution in [0.25, 0.3) is 12.2 Å². The van der Waals surface area contributed by atoms with E-state index in [0.717, 1.165) is 24.0 Å². The summed E-state index contributed by atoms with van der Waals surface area (Å²) in [7, 11) is 0. The second-order valence-electron chi connectivity index (χ2n) is 12.4. The minimum absolute atomic E-state index is 0.270. The first-order valence-corrected chi connectivity index (χ1v) is 17.2. The van der Waals surface area contributed by atoms with E-state index in [1.54, 1.807) is 0 Å². The van der Waals surface area contributed by atoms with E-state index in [0.29, 0.717) is 0 Å². The monoisotopic (exact) mass is 592 g/mol. The van der Waals surface area contributed by atoms with E-state index >= 15 is 0 Å². The highest BCUT2D eigenvalue weighted by Crippen LogP contribution is 2.34. The predicted molar refractivity (Wildman–Crippen MR) is 183 cm³/mol. The standard InChI is InChI=1S/C39H60O4/c1-3-5-7-9-11-13-15-17-19-33-21-25-35(26-22-33)29-37(42)39(31-40,32-41)38(43)30-36-27-23-34(24-28-36)20-18-16-14-12-10-8-6-4-2/h21-30,40-43H,3-20,31-32H2,1-2H3. The van der Waals surface area contributed by atoms with Crippen LogP contribution in [0.5, 0.6) is 0 Å². The van der Waals surface area contributed by atoms with Gasteiger partial charge in [0, 0.05) is 0 Å². The van der Waals surface area contributed by atoms with Crippen molar-refractivity contribution in [2.45, 2.75) is 129 Å². The average molecular weight is 593 g/mol. The van der Waals surface area contributed by atoms with E-state index in [1.807, 2.05) is 24.3 Å². The van der Waals surface area contributed by atoms with Crippen LogP contribution in [-0.4, -0.2) is 33.6 Å². The summed E-state index contributed by atoms with van der Waals surface area (Å²) < 4.78 is 0. The van der Waals surface area contributed by atoms with E-state index in [2.05, 4.69) is 38.1 Å². The number of aryl methyl sites for hydroxylation is 2. The van der Waals surface area contributed by atoms with Gasteiger partial charge in [-0.15, -0.1) is 0 Å². The SMILES string of the molecule is CCCCCCCCCCc1ccc(C=C(O)C(CO)(CO)C(O)=Cc2ccc(CCCCCCCCCC)cc2)cc1. The molecule has 240 valence electrons. The lowest BCUT2D eigenvalue weighted by Crippen LogP contribution is -2.34. The van der Waals surface area contributed by atoms with Crippen LogP contribution in [-0.2, 0) is 12.8 Å². The van der Waals surface area contributed by atoms with Gasteiger partial charge in [0.1, 0.15) is 16.9 Å². The fourth-order valence-corrected chi connectivity index (χ4v) is 5.58. The molecule has 43 heavy (non-hydrogen) atoms. The zero-order valence-electron chi connectivity index (χ0n) is 27.2. The van der Waals surface area contributed by atoms with Crippen molar-refractivity contribution in [1.82, 2.24) is 0 Å². The molecule has 2 aromatic carbocycles. The zero-order valence-corrected chi connectivity index (χ0v) is 27.2. The number of hydrogen-bond donors (Lipinski definition) is 4. The third-order valence-corrected chi connectivity index (χ3v) is 8.72. The minimum Gasteiger partial charge on any atom is -0.511 e. The molecule has 0 amide bonds. The van der Waals surface area contributed by atoms with E-state index in [1.165, 1.54) is 126 Å². The summed E-state index contributed by atoms with van der Waals surface area (Å²) in [6.07, 6.45) is 25.8. The number of hydrogen-bond acceptors (Lipinski definition) is 4. The molecule has 0 spiro atoms. The van der Waals surface area contributed by atoms with Gasteiger partial charge in [0.05, 0.1) is 13.2 Å². The number of benzene rings is 2. The second kappa shape index (κ2) is 22.0. The molecule has 4 nitrogen and oxygen atoms in total.